The molecule has 1 saturated heterocycles. The molecule has 2 atom stereocenters. The number of aliphatic hydroxyl groups excluding tert-OH is 1. The van der Waals surface area contributed by atoms with E-state index in [0.29, 0.717) is 12.1 Å². The SMILES string of the molecule is CCC(CCO)NCC1CCC2(CCCC2)O1. The third kappa shape index (κ3) is 3.43. The molecule has 2 aliphatic rings. The maximum Gasteiger partial charge on any atom is 0.0708 e. The fourth-order valence-electron chi connectivity index (χ4n) is 3.33. The highest BCUT2D eigenvalue weighted by atomic mass is 16.5. The minimum Gasteiger partial charge on any atom is -0.396 e. The van der Waals surface area contributed by atoms with E-state index in [1.54, 1.807) is 0 Å². The topological polar surface area (TPSA) is 41.5 Å². The van der Waals surface area contributed by atoms with Crippen molar-refractivity contribution in [2.45, 2.75) is 76.0 Å². The fourth-order valence-corrected chi connectivity index (χ4v) is 3.33. The molecule has 2 unspecified atom stereocenters. The Balaban J connectivity index is 1.70. The van der Waals surface area contributed by atoms with Gasteiger partial charge in [-0.3, -0.25) is 0 Å². The lowest BCUT2D eigenvalue weighted by Crippen LogP contribution is -2.37. The Labute approximate surface area is 105 Å². The molecule has 0 amide bonds. The van der Waals surface area contributed by atoms with Crippen LogP contribution in [0.4, 0.5) is 0 Å². The maximum absolute atomic E-state index is 8.96. The summed E-state index contributed by atoms with van der Waals surface area (Å²) in [6, 6.07) is 0.448. The van der Waals surface area contributed by atoms with Crippen molar-refractivity contribution in [3.63, 3.8) is 0 Å². The second kappa shape index (κ2) is 6.17. The zero-order chi connectivity index (χ0) is 12.1. The van der Waals surface area contributed by atoms with Crippen LogP contribution < -0.4 is 5.32 Å². The quantitative estimate of drug-likeness (QED) is 0.749. The molecule has 1 saturated carbocycles. The predicted octanol–water partition coefficient (Wildman–Crippen LogP) is 2.23. The van der Waals surface area contributed by atoms with Gasteiger partial charge in [0.15, 0.2) is 0 Å². The Morgan fingerprint density at radius 1 is 1.35 bits per heavy atom. The molecule has 100 valence electrons. The van der Waals surface area contributed by atoms with Crippen LogP contribution in [0.2, 0.25) is 0 Å². The molecule has 1 aliphatic heterocycles. The third-order valence-electron chi connectivity index (χ3n) is 4.46. The zero-order valence-electron chi connectivity index (χ0n) is 11.1. The molecule has 2 fully saturated rings. The molecule has 0 radical (unpaired) electrons. The van der Waals surface area contributed by atoms with Gasteiger partial charge in [-0.1, -0.05) is 19.8 Å². The van der Waals surface area contributed by atoms with Gasteiger partial charge in [0.1, 0.15) is 0 Å². The summed E-state index contributed by atoms with van der Waals surface area (Å²) in [5, 5.41) is 12.5. The van der Waals surface area contributed by atoms with E-state index in [9.17, 15) is 0 Å². The standard InChI is InChI=1S/C14H27NO2/c1-2-12(6-10-16)15-11-13-5-9-14(17-13)7-3-4-8-14/h12-13,15-16H,2-11H2,1H3. The zero-order valence-corrected chi connectivity index (χ0v) is 11.1. The van der Waals surface area contributed by atoms with Crippen molar-refractivity contribution in [1.82, 2.24) is 5.32 Å². The van der Waals surface area contributed by atoms with Crippen molar-refractivity contribution in [2.24, 2.45) is 0 Å². The van der Waals surface area contributed by atoms with E-state index in [1.807, 2.05) is 0 Å². The number of aliphatic hydroxyl groups is 1. The summed E-state index contributed by atoms with van der Waals surface area (Å²) in [7, 11) is 0. The molecule has 0 aromatic carbocycles. The number of hydrogen-bond donors (Lipinski definition) is 2. The highest BCUT2D eigenvalue weighted by molar-refractivity contribution is 4.93. The fraction of sp³-hybridized carbons (Fsp3) is 1.00. The monoisotopic (exact) mass is 241 g/mol. The van der Waals surface area contributed by atoms with Crippen LogP contribution >= 0.6 is 0 Å². The van der Waals surface area contributed by atoms with Crippen LogP contribution in [0.1, 0.15) is 58.3 Å². The summed E-state index contributed by atoms with van der Waals surface area (Å²) in [6.45, 7) is 3.41. The molecular formula is C14H27NO2. The average Bonchev–Trinajstić information content (AvgIpc) is 2.96. The summed E-state index contributed by atoms with van der Waals surface area (Å²) >= 11 is 0. The van der Waals surface area contributed by atoms with Gasteiger partial charge < -0.3 is 15.2 Å². The molecular weight excluding hydrogens is 214 g/mol. The van der Waals surface area contributed by atoms with E-state index in [2.05, 4.69) is 12.2 Å². The summed E-state index contributed by atoms with van der Waals surface area (Å²) in [4.78, 5) is 0. The predicted molar refractivity (Wildman–Crippen MR) is 69.1 cm³/mol. The van der Waals surface area contributed by atoms with Gasteiger partial charge in [-0.2, -0.15) is 0 Å². The van der Waals surface area contributed by atoms with Crippen LogP contribution in [-0.2, 0) is 4.74 Å². The van der Waals surface area contributed by atoms with Gasteiger partial charge in [0, 0.05) is 19.2 Å². The molecule has 2 N–H and O–H groups in total. The van der Waals surface area contributed by atoms with E-state index >= 15 is 0 Å². The van der Waals surface area contributed by atoms with E-state index in [1.165, 1.54) is 38.5 Å². The maximum atomic E-state index is 8.96. The van der Waals surface area contributed by atoms with Crippen LogP contribution in [0, 0.1) is 0 Å². The van der Waals surface area contributed by atoms with Crippen molar-refractivity contribution in [1.29, 1.82) is 0 Å². The second-order valence-corrected chi connectivity index (χ2v) is 5.69. The lowest BCUT2D eigenvalue weighted by Gasteiger charge is -2.25. The first-order chi connectivity index (χ1) is 8.28. The molecule has 1 heterocycles. The normalized spacial score (nSPS) is 28.9. The Morgan fingerprint density at radius 3 is 2.76 bits per heavy atom. The molecule has 0 aromatic heterocycles. The summed E-state index contributed by atoms with van der Waals surface area (Å²) in [6.07, 6.45) is 10.1. The smallest absolute Gasteiger partial charge is 0.0708 e. The molecule has 17 heavy (non-hydrogen) atoms. The van der Waals surface area contributed by atoms with Gasteiger partial charge >= 0.3 is 0 Å². The molecule has 1 spiro atoms. The van der Waals surface area contributed by atoms with Crippen LogP contribution in [-0.4, -0.2) is 36.0 Å². The summed E-state index contributed by atoms with van der Waals surface area (Å²) in [5.74, 6) is 0. The highest BCUT2D eigenvalue weighted by Gasteiger charge is 2.41. The lowest BCUT2D eigenvalue weighted by molar-refractivity contribution is -0.0361. The van der Waals surface area contributed by atoms with Crippen molar-refractivity contribution in [2.75, 3.05) is 13.2 Å². The van der Waals surface area contributed by atoms with Crippen molar-refractivity contribution in [3.8, 4) is 0 Å². The third-order valence-corrected chi connectivity index (χ3v) is 4.46. The van der Waals surface area contributed by atoms with Crippen molar-refractivity contribution in [3.05, 3.63) is 0 Å². The Hall–Kier alpha value is -0.120. The first-order valence-corrected chi connectivity index (χ1v) is 7.30. The van der Waals surface area contributed by atoms with Gasteiger partial charge in [0.2, 0.25) is 0 Å². The molecule has 2 rings (SSSR count). The molecule has 3 heteroatoms. The van der Waals surface area contributed by atoms with E-state index in [4.69, 9.17) is 9.84 Å². The van der Waals surface area contributed by atoms with Crippen molar-refractivity contribution >= 4 is 0 Å². The number of nitrogens with one attached hydrogen (secondary N) is 1. The molecule has 0 aromatic rings. The average molecular weight is 241 g/mol. The Morgan fingerprint density at radius 2 is 2.12 bits per heavy atom. The minimum absolute atomic E-state index is 0.255. The second-order valence-electron chi connectivity index (χ2n) is 5.69. The van der Waals surface area contributed by atoms with Crippen LogP contribution in [0.3, 0.4) is 0 Å². The summed E-state index contributed by atoms with van der Waals surface area (Å²) < 4.78 is 6.26. The van der Waals surface area contributed by atoms with Gasteiger partial charge in [0.25, 0.3) is 0 Å². The molecule has 3 nitrogen and oxygen atoms in total. The lowest BCUT2D eigenvalue weighted by atomic mass is 9.98. The minimum atomic E-state index is 0.255. The van der Waals surface area contributed by atoms with E-state index in [0.717, 1.165) is 19.4 Å². The van der Waals surface area contributed by atoms with E-state index < -0.39 is 0 Å². The first-order valence-electron chi connectivity index (χ1n) is 7.30. The van der Waals surface area contributed by atoms with Gasteiger partial charge in [-0.05, 0) is 38.5 Å². The van der Waals surface area contributed by atoms with E-state index in [-0.39, 0.29) is 12.2 Å². The summed E-state index contributed by atoms with van der Waals surface area (Å²) in [5.41, 5.74) is 0.255. The van der Waals surface area contributed by atoms with Gasteiger partial charge in [-0.25, -0.2) is 0 Å². The van der Waals surface area contributed by atoms with Crippen LogP contribution in [0.25, 0.3) is 0 Å². The largest absolute Gasteiger partial charge is 0.396 e. The van der Waals surface area contributed by atoms with Gasteiger partial charge in [-0.15, -0.1) is 0 Å². The van der Waals surface area contributed by atoms with Crippen molar-refractivity contribution < 1.29 is 9.84 Å². The number of rotatable bonds is 6. The van der Waals surface area contributed by atoms with Gasteiger partial charge in [0.05, 0.1) is 11.7 Å². The Kier molecular flexibility index (Phi) is 4.83. The number of hydrogen-bond acceptors (Lipinski definition) is 3. The Bertz CT molecular complexity index is 226. The van der Waals surface area contributed by atoms with Crippen LogP contribution in [0.15, 0.2) is 0 Å². The van der Waals surface area contributed by atoms with Crippen LogP contribution in [0.5, 0.6) is 0 Å². The molecule has 1 aliphatic carbocycles. The highest BCUT2D eigenvalue weighted by Crippen LogP contribution is 2.43. The molecule has 0 bridgehead atoms. The number of ether oxygens (including phenoxy) is 1. The first kappa shape index (κ1) is 13.3.